The molecule has 0 aliphatic rings. The lowest BCUT2D eigenvalue weighted by Gasteiger charge is -2.01. The second-order valence-electron chi connectivity index (χ2n) is 2.48. The predicted octanol–water partition coefficient (Wildman–Crippen LogP) is 2.69. The molecule has 0 saturated carbocycles. The Bertz CT molecular complexity index is 256. The minimum absolute atomic E-state index is 0.439. The highest BCUT2D eigenvalue weighted by molar-refractivity contribution is 6.30. The summed E-state index contributed by atoms with van der Waals surface area (Å²) in [5.74, 6) is 0. The fourth-order valence-electron chi connectivity index (χ4n) is 0.894. The van der Waals surface area contributed by atoms with E-state index >= 15 is 0 Å². The maximum Gasteiger partial charge on any atom is 0.138 e. The Balaban J connectivity index is 2.64. The van der Waals surface area contributed by atoms with Crippen LogP contribution in [0.5, 0.6) is 0 Å². The van der Waals surface area contributed by atoms with E-state index in [-0.39, 0.29) is 0 Å². The third-order valence-electron chi connectivity index (χ3n) is 1.49. The van der Waals surface area contributed by atoms with E-state index in [4.69, 9.17) is 23.2 Å². The van der Waals surface area contributed by atoms with Crippen molar-refractivity contribution >= 4 is 29.5 Å². The number of aldehydes is 1. The molecule has 0 bridgehead atoms. The van der Waals surface area contributed by atoms with Gasteiger partial charge in [-0.1, -0.05) is 23.7 Å². The van der Waals surface area contributed by atoms with Crippen LogP contribution in [0.15, 0.2) is 24.3 Å². The Morgan fingerprint density at radius 3 is 2.42 bits per heavy atom. The molecule has 0 amide bonds. The molecule has 0 aliphatic carbocycles. The number of rotatable bonds is 3. The molecule has 0 heterocycles. The largest absolute Gasteiger partial charge is 0.302 e. The fourth-order valence-corrected chi connectivity index (χ4v) is 1.20. The van der Waals surface area contributed by atoms with Crippen molar-refractivity contribution in [3.05, 3.63) is 34.9 Å². The molecule has 1 atom stereocenters. The highest BCUT2D eigenvalue weighted by Crippen LogP contribution is 2.12. The third kappa shape index (κ3) is 2.84. The van der Waals surface area contributed by atoms with Gasteiger partial charge >= 0.3 is 0 Å². The second kappa shape index (κ2) is 4.48. The molecule has 3 heteroatoms. The van der Waals surface area contributed by atoms with Gasteiger partial charge in [-0.3, -0.25) is 0 Å². The predicted molar refractivity (Wildman–Crippen MR) is 50.9 cm³/mol. The Morgan fingerprint density at radius 1 is 1.33 bits per heavy atom. The number of carbonyl (C=O) groups excluding carboxylic acids is 1. The van der Waals surface area contributed by atoms with E-state index in [0.717, 1.165) is 11.8 Å². The van der Waals surface area contributed by atoms with Gasteiger partial charge < -0.3 is 4.79 Å². The summed E-state index contributed by atoms with van der Waals surface area (Å²) >= 11 is 11.3. The molecular weight excluding hydrogens is 195 g/mol. The van der Waals surface area contributed by atoms with Crippen LogP contribution in [0.1, 0.15) is 5.56 Å². The molecule has 1 rings (SSSR count). The summed E-state index contributed by atoms with van der Waals surface area (Å²) in [7, 11) is 0. The van der Waals surface area contributed by atoms with Gasteiger partial charge in [-0.2, -0.15) is 0 Å². The summed E-state index contributed by atoms with van der Waals surface area (Å²) in [6.07, 6.45) is 1.29. The minimum atomic E-state index is -0.439. The van der Waals surface area contributed by atoms with Crippen LogP contribution < -0.4 is 0 Å². The van der Waals surface area contributed by atoms with Crippen LogP contribution in [-0.4, -0.2) is 11.7 Å². The summed E-state index contributed by atoms with van der Waals surface area (Å²) in [5.41, 5.74) is 1.02. The molecule has 0 fully saturated rings. The fraction of sp³-hybridized carbons (Fsp3) is 0.222. The van der Waals surface area contributed by atoms with Crippen LogP contribution in [-0.2, 0) is 11.2 Å². The molecule has 0 unspecified atom stereocenters. The molecule has 12 heavy (non-hydrogen) atoms. The van der Waals surface area contributed by atoms with Crippen LogP contribution in [0.4, 0.5) is 0 Å². The first kappa shape index (κ1) is 9.56. The number of alkyl halides is 1. The standard InChI is InChI=1S/C9H8Cl2O/c10-8-3-1-7(2-4-8)5-9(11)6-12/h1-4,6,9H,5H2/t9-/m1/s1. The zero-order valence-corrected chi connectivity index (χ0v) is 7.85. The van der Waals surface area contributed by atoms with Gasteiger partial charge in [0, 0.05) is 5.02 Å². The quantitative estimate of drug-likeness (QED) is 0.545. The molecule has 0 radical (unpaired) electrons. The first-order valence-electron chi connectivity index (χ1n) is 3.56. The molecular formula is C9H8Cl2O. The average Bonchev–Trinajstić information content (AvgIpc) is 2.09. The molecule has 1 aromatic rings. The van der Waals surface area contributed by atoms with Gasteiger partial charge in [0.2, 0.25) is 0 Å². The van der Waals surface area contributed by atoms with Crippen molar-refractivity contribution in [3.63, 3.8) is 0 Å². The zero-order chi connectivity index (χ0) is 8.97. The van der Waals surface area contributed by atoms with Crippen molar-refractivity contribution in [2.45, 2.75) is 11.8 Å². The average molecular weight is 203 g/mol. The zero-order valence-electron chi connectivity index (χ0n) is 6.34. The Labute approximate surface area is 81.3 Å². The topological polar surface area (TPSA) is 17.1 Å². The van der Waals surface area contributed by atoms with E-state index in [1.807, 2.05) is 12.1 Å². The molecule has 1 aromatic carbocycles. The van der Waals surface area contributed by atoms with E-state index in [9.17, 15) is 4.79 Å². The molecule has 1 nitrogen and oxygen atoms in total. The lowest BCUT2D eigenvalue weighted by molar-refractivity contribution is -0.107. The van der Waals surface area contributed by atoms with Gasteiger partial charge in [0.15, 0.2) is 0 Å². The van der Waals surface area contributed by atoms with Crippen molar-refractivity contribution in [2.75, 3.05) is 0 Å². The van der Waals surface area contributed by atoms with E-state index in [1.165, 1.54) is 0 Å². The smallest absolute Gasteiger partial charge is 0.138 e. The van der Waals surface area contributed by atoms with Crippen LogP contribution in [0, 0.1) is 0 Å². The molecule has 0 aliphatic heterocycles. The van der Waals surface area contributed by atoms with E-state index < -0.39 is 5.38 Å². The Morgan fingerprint density at radius 2 is 1.92 bits per heavy atom. The summed E-state index contributed by atoms with van der Waals surface area (Å²) in [6, 6.07) is 7.29. The van der Waals surface area contributed by atoms with Crippen LogP contribution in [0.25, 0.3) is 0 Å². The maximum absolute atomic E-state index is 10.2. The van der Waals surface area contributed by atoms with Crippen molar-refractivity contribution in [2.24, 2.45) is 0 Å². The van der Waals surface area contributed by atoms with Crippen molar-refractivity contribution in [3.8, 4) is 0 Å². The Kier molecular flexibility index (Phi) is 3.57. The highest BCUT2D eigenvalue weighted by atomic mass is 35.5. The van der Waals surface area contributed by atoms with E-state index in [0.29, 0.717) is 11.4 Å². The second-order valence-corrected chi connectivity index (χ2v) is 3.48. The molecule has 0 aromatic heterocycles. The van der Waals surface area contributed by atoms with Gasteiger partial charge in [0.05, 0.1) is 5.38 Å². The monoisotopic (exact) mass is 202 g/mol. The van der Waals surface area contributed by atoms with Gasteiger partial charge in [0.1, 0.15) is 6.29 Å². The highest BCUT2D eigenvalue weighted by Gasteiger charge is 2.02. The number of benzene rings is 1. The summed E-state index contributed by atoms with van der Waals surface area (Å²) < 4.78 is 0. The lowest BCUT2D eigenvalue weighted by atomic mass is 10.1. The van der Waals surface area contributed by atoms with Crippen LogP contribution in [0.2, 0.25) is 5.02 Å². The third-order valence-corrected chi connectivity index (χ3v) is 2.00. The molecule has 0 spiro atoms. The van der Waals surface area contributed by atoms with E-state index in [2.05, 4.69) is 0 Å². The Hall–Kier alpha value is -0.530. The van der Waals surface area contributed by atoms with Gasteiger partial charge in [-0.05, 0) is 24.1 Å². The first-order chi connectivity index (χ1) is 5.72. The van der Waals surface area contributed by atoms with Crippen molar-refractivity contribution in [1.29, 1.82) is 0 Å². The molecule has 0 saturated heterocycles. The number of hydrogen-bond acceptors (Lipinski definition) is 1. The number of halogens is 2. The van der Waals surface area contributed by atoms with Crippen LogP contribution >= 0.6 is 23.2 Å². The minimum Gasteiger partial charge on any atom is -0.302 e. The van der Waals surface area contributed by atoms with Crippen LogP contribution in [0.3, 0.4) is 0 Å². The van der Waals surface area contributed by atoms with Gasteiger partial charge in [-0.25, -0.2) is 0 Å². The van der Waals surface area contributed by atoms with Crippen molar-refractivity contribution < 1.29 is 4.79 Å². The molecule has 0 N–H and O–H groups in total. The first-order valence-corrected chi connectivity index (χ1v) is 4.37. The summed E-state index contributed by atoms with van der Waals surface area (Å²) in [5, 5.41) is 0.252. The van der Waals surface area contributed by atoms with Gasteiger partial charge in [-0.15, -0.1) is 11.6 Å². The lowest BCUT2D eigenvalue weighted by Crippen LogP contribution is -2.03. The van der Waals surface area contributed by atoms with E-state index in [1.54, 1.807) is 12.1 Å². The summed E-state index contributed by atoms with van der Waals surface area (Å²) in [4.78, 5) is 10.2. The number of hydrogen-bond donors (Lipinski definition) is 0. The number of carbonyl (C=O) groups is 1. The van der Waals surface area contributed by atoms with Gasteiger partial charge in [0.25, 0.3) is 0 Å². The van der Waals surface area contributed by atoms with Crippen molar-refractivity contribution in [1.82, 2.24) is 0 Å². The summed E-state index contributed by atoms with van der Waals surface area (Å²) in [6.45, 7) is 0. The SMILES string of the molecule is O=C[C@H](Cl)Cc1ccc(Cl)cc1. The maximum atomic E-state index is 10.2. The normalized spacial score (nSPS) is 12.5. The molecule has 64 valence electrons.